The fourth-order valence-corrected chi connectivity index (χ4v) is 5.65. The molecule has 0 aliphatic carbocycles. The maximum absolute atomic E-state index is 15.6. The summed E-state index contributed by atoms with van der Waals surface area (Å²) in [7, 11) is 1.69. The first-order valence-electron chi connectivity index (χ1n) is 13.8. The minimum absolute atomic E-state index is 0.00774. The van der Waals surface area contributed by atoms with Crippen molar-refractivity contribution in [3.63, 3.8) is 0 Å². The molecule has 0 spiro atoms. The third-order valence-corrected chi connectivity index (χ3v) is 7.68. The Morgan fingerprint density at radius 1 is 1.02 bits per heavy atom. The van der Waals surface area contributed by atoms with Crippen molar-refractivity contribution < 1.29 is 33.0 Å². The van der Waals surface area contributed by atoms with Gasteiger partial charge < -0.3 is 25.0 Å². The van der Waals surface area contributed by atoms with Crippen LogP contribution in [0.15, 0.2) is 24.3 Å². The molecule has 10 heteroatoms. The van der Waals surface area contributed by atoms with Gasteiger partial charge >= 0.3 is 12.0 Å². The predicted octanol–water partition coefficient (Wildman–Crippen LogP) is 5.35. The van der Waals surface area contributed by atoms with E-state index in [2.05, 4.69) is 5.32 Å². The Morgan fingerprint density at radius 2 is 1.77 bits per heavy atom. The van der Waals surface area contributed by atoms with E-state index in [-0.39, 0.29) is 17.2 Å². The Morgan fingerprint density at radius 3 is 2.52 bits per heavy atom. The number of urea groups is 1. The second kappa shape index (κ2) is 12.7. The number of hydrogen-bond acceptors (Lipinski definition) is 4. The molecule has 2 atom stereocenters. The topological polar surface area (TPSA) is 99.2 Å². The quantitative estimate of drug-likeness (QED) is 0.530. The van der Waals surface area contributed by atoms with Crippen LogP contribution in [0.25, 0.3) is 11.1 Å². The van der Waals surface area contributed by atoms with Gasteiger partial charge in [-0.15, -0.1) is 0 Å². The first-order valence-corrected chi connectivity index (χ1v) is 13.8. The zero-order valence-electron chi connectivity index (χ0n) is 23.3. The molecule has 2 aliphatic rings. The highest BCUT2D eigenvalue weighted by atomic mass is 19.1. The van der Waals surface area contributed by atoms with Crippen molar-refractivity contribution in [2.24, 2.45) is 0 Å². The second-order valence-electron chi connectivity index (χ2n) is 10.8. The molecule has 40 heavy (non-hydrogen) atoms. The summed E-state index contributed by atoms with van der Waals surface area (Å²) in [6.07, 6.45) is 3.50. The lowest BCUT2D eigenvalue weighted by atomic mass is 9.91. The van der Waals surface area contributed by atoms with Gasteiger partial charge in [-0.2, -0.15) is 0 Å². The molecule has 216 valence electrons. The highest BCUT2D eigenvalue weighted by molar-refractivity contribution is 5.88. The summed E-state index contributed by atoms with van der Waals surface area (Å²) < 4.78 is 36.0. The molecule has 0 radical (unpaired) electrons. The first kappa shape index (κ1) is 29.3. The summed E-state index contributed by atoms with van der Waals surface area (Å²) in [6, 6.07) is 3.52. The van der Waals surface area contributed by atoms with Crippen LogP contribution < -0.4 is 10.1 Å². The van der Waals surface area contributed by atoms with Crippen molar-refractivity contribution in [2.75, 3.05) is 26.7 Å². The van der Waals surface area contributed by atoms with Crippen molar-refractivity contribution >= 4 is 17.9 Å². The molecule has 4 rings (SSSR count). The number of halogens is 2. The fraction of sp³-hybridized carbons (Fsp3) is 0.500. The van der Waals surface area contributed by atoms with Gasteiger partial charge in [-0.05, 0) is 68.0 Å². The molecule has 2 bridgehead atoms. The number of ether oxygens (including phenoxy) is 1. The molecule has 2 aromatic rings. The van der Waals surface area contributed by atoms with Crippen LogP contribution in [-0.2, 0) is 9.59 Å². The molecule has 2 aromatic carbocycles. The van der Waals surface area contributed by atoms with Crippen molar-refractivity contribution in [1.82, 2.24) is 15.1 Å². The molecule has 3 amide bonds. The maximum Gasteiger partial charge on any atom is 0.320 e. The Bertz CT molecular complexity index is 1280. The lowest BCUT2D eigenvalue weighted by Gasteiger charge is -2.38. The van der Waals surface area contributed by atoms with Crippen LogP contribution in [0.5, 0.6) is 5.75 Å². The largest absolute Gasteiger partial charge is 0.493 e. The van der Waals surface area contributed by atoms with Crippen molar-refractivity contribution in [1.29, 1.82) is 0 Å². The molecule has 8 nitrogen and oxygen atoms in total. The number of aliphatic carboxylic acids is 1. The normalized spacial score (nSPS) is 20.9. The third-order valence-electron chi connectivity index (χ3n) is 7.68. The summed E-state index contributed by atoms with van der Waals surface area (Å²) >= 11 is 0. The number of benzene rings is 2. The number of nitrogens with zero attached hydrogens (tertiary/aromatic N) is 2. The van der Waals surface area contributed by atoms with Crippen LogP contribution in [0.1, 0.15) is 67.7 Å². The monoisotopic (exact) mass is 557 g/mol. The number of nitrogens with one attached hydrogen (secondary N) is 1. The average molecular weight is 558 g/mol. The fourth-order valence-electron chi connectivity index (χ4n) is 5.65. The Kier molecular flexibility index (Phi) is 9.27. The number of aryl methyl sites for hydroxylation is 2. The van der Waals surface area contributed by atoms with E-state index in [0.717, 1.165) is 12.8 Å². The molecule has 0 saturated carbocycles. The van der Waals surface area contributed by atoms with E-state index in [1.54, 1.807) is 31.9 Å². The second-order valence-corrected chi connectivity index (χ2v) is 10.8. The van der Waals surface area contributed by atoms with Gasteiger partial charge in [0.2, 0.25) is 5.91 Å². The molecule has 0 aromatic heterocycles. The van der Waals surface area contributed by atoms with E-state index in [1.165, 1.54) is 23.1 Å². The minimum atomic E-state index is -1.21. The molecular formula is C30H37F2N3O5. The summed E-state index contributed by atoms with van der Waals surface area (Å²) in [5, 5.41) is 12.5. The molecule has 2 N–H and O–H groups in total. The summed E-state index contributed by atoms with van der Waals surface area (Å²) in [4.78, 5) is 41.7. The summed E-state index contributed by atoms with van der Waals surface area (Å²) in [6.45, 7) is 4.64. The zero-order chi connectivity index (χ0) is 29.0. The van der Waals surface area contributed by atoms with Crippen LogP contribution in [0, 0.1) is 25.5 Å². The number of carboxylic acid groups (broad SMARTS) is 1. The Labute approximate surface area is 233 Å². The highest BCUT2D eigenvalue weighted by Gasteiger charge is 2.35. The van der Waals surface area contributed by atoms with Crippen molar-refractivity contribution in [2.45, 2.75) is 70.9 Å². The average Bonchev–Trinajstić information content (AvgIpc) is 2.88. The maximum atomic E-state index is 15.6. The van der Waals surface area contributed by atoms with Gasteiger partial charge in [0.1, 0.15) is 23.4 Å². The minimum Gasteiger partial charge on any atom is -0.493 e. The van der Waals surface area contributed by atoms with Gasteiger partial charge in [0.05, 0.1) is 19.1 Å². The van der Waals surface area contributed by atoms with Gasteiger partial charge in [0.25, 0.3) is 0 Å². The van der Waals surface area contributed by atoms with Gasteiger partial charge in [-0.1, -0.05) is 19.3 Å². The number of carbonyl (C=O) groups excluding carboxylic acids is 2. The number of amides is 3. The van der Waals surface area contributed by atoms with Crippen molar-refractivity contribution in [3.05, 3.63) is 52.6 Å². The molecule has 1 fully saturated rings. The van der Waals surface area contributed by atoms with E-state index in [1.807, 2.05) is 0 Å². The first-order chi connectivity index (χ1) is 19.1. The van der Waals surface area contributed by atoms with Gasteiger partial charge in [0, 0.05) is 37.3 Å². The van der Waals surface area contributed by atoms with Crippen LogP contribution in [0.3, 0.4) is 0 Å². The van der Waals surface area contributed by atoms with E-state index in [9.17, 15) is 23.9 Å². The molecule has 2 heterocycles. The molecule has 2 aliphatic heterocycles. The standard InChI is InChI=1S/C30H37F2N3O5/c1-18-14-21(31)16-25-27(18)20-13-19(2)28(32)22(15-20)23(17-26(36)37)33-29(38)24(9-6-4-5-7-12-40-25)35-11-8-10-34(3)30(35)39/h13-16,23-24H,4-12,17H2,1-3H3,(H,33,38)(H,36,37)/t23-,24-/m0/s1. The van der Waals surface area contributed by atoms with E-state index < -0.39 is 42.0 Å². The Hall–Kier alpha value is -3.69. The third kappa shape index (κ3) is 6.54. The zero-order valence-corrected chi connectivity index (χ0v) is 23.3. The smallest absolute Gasteiger partial charge is 0.320 e. The summed E-state index contributed by atoms with van der Waals surface area (Å²) in [5.74, 6) is -2.48. The lowest BCUT2D eigenvalue weighted by Crippen LogP contribution is -2.56. The molecule has 0 unspecified atom stereocenters. The Balaban J connectivity index is 1.81. The van der Waals surface area contributed by atoms with E-state index in [0.29, 0.717) is 67.8 Å². The van der Waals surface area contributed by atoms with Gasteiger partial charge in [0.15, 0.2) is 0 Å². The highest BCUT2D eigenvalue weighted by Crippen LogP contribution is 2.38. The van der Waals surface area contributed by atoms with Crippen LogP contribution in [-0.4, -0.2) is 65.6 Å². The SMILES string of the molecule is Cc1cc2cc(c1F)[C@H](CC(=O)O)NC(=O)[C@@H](N1CCCN(C)C1=O)CCCCCCOc1cc(F)cc(C)c1-2. The van der Waals surface area contributed by atoms with Gasteiger partial charge in [-0.3, -0.25) is 9.59 Å². The number of carboxylic acids is 1. The number of fused-ring (bicyclic) bond motifs is 4. The summed E-state index contributed by atoms with van der Waals surface area (Å²) in [5.41, 5.74) is 1.95. The lowest BCUT2D eigenvalue weighted by molar-refractivity contribution is -0.138. The van der Waals surface area contributed by atoms with E-state index in [4.69, 9.17) is 4.74 Å². The van der Waals surface area contributed by atoms with Crippen molar-refractivity contribution in [3.8, 4) is 16.9 Å². The van der Waals surface area contributed by atoms with Gasteiger partial charge in [-0.25, -0.2) is 13.6 Å². The number of hydrogen-bond donors (Lipinski definition) is 2. The van der Waals surface area contributed by atoms with Crippen LogP contribution >= 0.6 is 0 Å². The number of carbonyl (C=O) groups is 3. The van der Waals surface area contributed by atoms with E-state index >= 15 is 4.39 Å². The van der Waals surface area contributed by atoms with Crippen LogP contribution in [0.2, 0.25) is 0 Å². The number of rotatable bonds is 3. The molecular weight excluding hydrogens is 520 g/mol. The molecule has 1 saturated heterocycles. The predicted molar refractivity (Wildman–Crippen MR) is 146 cm³/mol. The van der Waals surface area contributed by atoms with Crippen LogP contribution in [0.4, 0.5) is 13.6 Å².